The van der Waals surface area contributed by atoms with E-state index in [0.717, 1.165) is 0 Å². The van der Waals surface area contributed by atoms with Crippen LogP contribution in [-0.4, -0.2) is 0 Å². The van der Waals surface area contributed by atoms with E-state index in [9.17, 15) is 0 Å². The van der Waals surface area contributed by atoms with Crippen molar-refractivity contribution >= 4 is 23.8 Å². The normalized spacial score (nSPS) is 10.1. The van der Waals surface area contributed by atoms with Gasteiger partial charge < -0.3 is 0 Å². The van der Waals surface area contributed by atoms with Crippen LogP contribution in [0.15, 0.2) is 91.0 Å². The standard InChI is InChI=1S/C18H15P.Os/c1-4-10-16(11-5-1)19(17-12-6-2-7-13-17)18-14-8-3-9-15-18;/h1-15H;/p+1. The van der Waals surface area contributed by atoms with Crippen LogP contribution in [0.3, 0.4) is 0 Å². The van der Waals surface area contributed by atoms with E-state index in [2.05, 4.69) is 91.0 Å². The fourth-order valence-electron chi connectivity index (χ4n) is 2.31. The van der Waals surface area contributed by atoms with Crippen molar-refractivity contribution in [2.75, 3.05) is 0 Å². The second-order valence-electron chi connectivity index (χ2n) is 4.47. The number of rotatable bonds is 3. The Bertz CT molecular complexity index is 529. The van der Waals surface area contributed by atoms with Gasteiger partial charge >= 0.3 is 0 Å². The predicted molar refractivity (Wildman–Crippen MR) is 86.5 cm³/mol. The largest absolute Gasteiger partial charge is 0.102 e. The summed E-state index contributed by atoms with van der Waals surface area (Å²) in [5.41, 5.74) is 0. The third kappa shape index (κ3) is 3.43. The third-order valence-electron chi connectivity index (χ3n) is 3.19. The van der Waals surface area contributed by atoms with Crippen LogP contribution in [-0.2, 0) is 19.8 Å². The smallest absolute Gasteiger partial charge is 0.0620 e. The summed E-state index contributed by atoms with van der Waals surface area (Å²) in [6.45, 7) is 0. The molecule has 0 heterocycles. The molecular weight excluding hydrogens is 437 g/mol. The molecule has 0 aromatic heterocycles. The van der Waals surface area contributed by atoms with E-state index in [1.54, 1.807) is 0 Å². The first kappa shape index (κ1) is 15.1. The maximum absolute atomic E-state index is 2.24. The molecule has 0 radical (unpaired) electrons. The molecule has 0 fully saturated rings. The number of hydrogen-bond donors (Lipinski definition) is 0. The van der Waals surface area contributed by atoms with Gasteiger partial charge in [-0.3, -0.25) is 0 Å². The van der Waals surface area contributed by atoms with Crippen LogP contribution in [0.2, 0.25) is 0 Å². The second-order valence-corrected chi connectivity index (χ2v) is 6.96. The fourth-order valence-corrected chi connectivity index (χ4v) is 4.89. The van der Waals surface area contributed by atoms with Crippen molar-refractivity contribution in [3.05, 3.63) is 91.0 Å². The minimum absolute atomic E-state index is 0. The van der Waals surface area contributed by atoms with Crippen molar-refractivity contribution < 1.29 is 19.8 Å². The minimum atomic E-state index is -0.877. The van der Waals surface area contributed by atoms with Gasteiger partial charge in [0.05, 0.1) is 7.92 Å². The van der Waals surface area contributed by atoms with E-state index in [-0.39, 0.29) is 19.8 Å². The van der Waals surface area contributed by atoms with Crippen molar-refractivity contribution in [2.24, 2.45) is 0 Å². The second kappa shape index (κ2) is 7.49. The maximum Gasteiger partial charge on any atom is 0.102 e. The molecule has 3 aromatic carbocycles. The molecule has 0 aliphatic carbocycles. The summed E-state index contributed by atoms with van der Waals surface area (Å²) < 4.78 is 0. The molecule has 0 N–H and O–H groups in total. The molecule has 100 valence electrons. The van der Waals surface area contributed by atoms with Crippen molar-refractivity contribution in [1.82, 2.24) is 0 Å². The quantitative estimate of drug-likeness (QED) is 0.535. The summed E-state index contributed by atoms with van der Waals surface area (Å²) in [5, 5.41) is 4.31. The monoisotopic (exact) mass is 455 g/mol. The first-order chi connectivity index (χ1) is 9.45. The Hall–Kier alpha value is -1.27. The summed E-state index contributed by atoms with van der Waals surface area (Å²) in [4.78, 5) is 0. The molecule has 0 amide bonds. The molecular formula is C18H16OsP+. The Labute approximate surface area is 134 Å². The van der Waals surface area contributed by atoms with Crippen LogP contribution < -0.4 is 15.9 Å². The molecule has 2 heteroatoms. The van der Waals surface area contributed by atoms with E-state index in [4.69, 9.17) is 0 Å². The number of hydrogen-bond acceptors (Lipinski definition) is 0. The van der Waals surface area contributed by atoms with Gasteiger partial charge in [-0.1, -0.05) is 54.6 Å². The Morgan fingerprint density at radius 2 is 0.650 bits per heavy atom. The molecule has 0 aliphatic heterocycles. The third-order valence-corrected chi connectivity index (χ3v) is 5.92. The van der Waals surface area contributed by atoms with Gasteiger partial charge in [-0.25, -0.2) is 0 Å². The van der Waals surface area contributed by atoms with Crippen molar-refractivity contribution in [1.29, 1.82) is 0 Å². The van der Waals surface area contributed by atoms with Crippen molar-refractivity contribution in [2.45, 2.75) is 0 Å². The van der Waals surface area contributed by atoms with E-state index in [1.165, 1.54) is 15.9 Å². The van der Waals surface area contributed by atoms with Crippen molar-refractivity contribution in [3.8, 4) is 0 Å². The van der Waals surface area contributed by atoms with Gasteiger partial charge in [0.1, 0.15) is 15.9 Å². The number of benzene rings is 3. The van der Waals surface area contributed by atoms with E-state index >= 15 is 0 Å². The molecule has 0 saturated heterocycles. The zero-order chi connectivity index (χ0) is 12.9. The van der Waals surface area contributed by atoms with Crippen LogP contribution >= 0.6 is 7.92 Å². The minimum Gasteiger partial charge on any atom is -0.0620 e. The van der Waals surface area contributed by atoms with E-state index in [0.29, 0.717) is 0 Å². The molecule has 0 bridgehead atoms. The van der Waals surface area contributed by atoms with E-state index < -0.39 is 7.92 Å². The summed E-state index contributed by atoms with van der Waals surface area (Å²) in [6.07, 6.45) is 0. The van der Waals surface area contributed by atoms with Gasteiger partial charge in [-0.2, -0.15) is 0 Å². The van der Waals surface area contributed by atoms with Crippen LogP contribution in [0.25, 0.3) is 0 Å². The average molecular weight is 454 g/mol. The van der Waals surface area contributed by atoms with Crippen LogP contribution in [0.1, 0.15) is 0 Å². The molecule has 0 spiro atoms. The first-order valence-corrected chi connectivity index (χ1v) is 7.98. The van der Waals surface area contributed by atoms with Gasteiger partial charge in [0.25, 0.3) is 0 Å². The SMILES string of the molecule is [Os].c1ccc([PH+](c2ccccc2)c2ccccc2)cc1. The van der Waals surface area contributed by atoms with Crippen LogP contribution in [0, 0.1) is 0 Å². The summed E-state index contributed by atoms with van der Waals surface area (Å²) in [5.74, 6) is 0. The molecule has 0 nitrogen and oxygen atoms in total. The predicted octanol–water partition coefficient (Wildman–Crippen LogP) is 3.17. The van der Waals surface area contributed by atoms with Gasteiger partial charge in [0, 0.05) is 19.8 Å². The summed E-state index contributed by atoms with van der Waals surface area (Å²) >= 11 is 0. The Morgan fingerprint density at radius 3 is 0.900 bits per heavy atom. The van der Waals surface area contributed by atoms with Crippen LogP contribution in [0.5, 0.6) is 0 Å². The Kier molecular flexibility index (Phi) is 5.67. The maximum atomic E-state index is 2.24. The Balaban J connectivity index is 0.00000147. The van der Waals surface area contributed by atoms with Gasteiger partial charge in [-0.15, -0.1) is 0 Å². The topological polar surface area (TPSA) is 0 Å². The molecule has 0 atom stereocenters. The molecule has 20 heavy (non-hydrogen) atoms. The van der Waals surface area contributed by atoms with Gasteiger partial charge in [0.2, 0.25) is 0 Å². The van der Waals surface area contributed by atoms with Crippen molar-refractivity contribution in [3.63, 3.8) is 0 Å². The molecule has 3 aromatic rings. The van der Waals surface area contributed by atoms with Gasteiger partial charge in [-0.05, 0) is 36.4 Å². The average Bonchev–Trinajstić information content (AvgIpc) is 2.51. The molecule has 0 unspecified atom stereocenters. The fraction of sp³-hybridized carbons (Fsp3) is 0. The summed E-state index contributed by atoms with van der Waals surface area (Å²) in [7, 11) is -0.877. The van der Waals surface area contributed by atoms with Crippen LogP contribution in [0.4, 0.5) is 0 Å². The first-order valence-electron chi connectivity index (χ1n) is 6.48. The molecule has 3 rings (SSSR count). The molecule has 0 aliphatic rings. The van der Waals surface area contributed by atoms with Gasteiger partial charge in [0.15, 0.2) is 0 Å². The zero-order valence-corrected chi connectivity index (χ0v) is 14.6. The summed E-state index contributed by atoms with van der Waals surface area (Å²) in [6, 6.07) is 32.5. The van der Waals surface area contributed by atoms with E-state index in [1.807, 2.05) is 0 Å². The Morgan fingerprint density at radius 1 is 0.400 bits per heavy atom. The molecule has 0 saturated carbocycles. The zero-order valence-electron chi connectivity index (χ0n) is 11.0.